The van der Waals surface area contributed by atoms with Crippen molar-refractivity contribution in [3.05, 3.63) is 65.0 Å². The van der Waals surface area contributed by atoms with Gasteiger partial charge in [0.15, 0.2) is 0 Å². The van der Waals surface area contributed by atoms with Gasteiger partial charge in [-0.25, -0.2) is 9.97 Å². The Labute approximate surface area is 240 Å². The van der Waals surface area contributed by atoms with Crippen molar-refractivity contribution in [2.75, 3.05) is 33.2 Å². The Morgan fingerprint density at radius 2 is 1.73 bits per heavy atom. The lowest BCUT2D eigenvalue weighted by Gasteiger charge is -2.14. The van der Waals surface area contributed by atoms with Crippen LogP contribution in [-0.4, -0.2) is 53.7 Å². The van der Waals surface area contributed by atoms with Crippen LogP contribution in [0.25, 0.3) is 22.6 Å². The Kier molecular flexibility index (Phi) is 9.32. The predicted octanol–water partition coefficient (Wildman–Crippen LogP) is 4.08. The summed E-state index contributed by atoms with van der Waals surface area (Å²) in [6.45, 7) is 1.29. The molecule has 0 aliphatic carbocycles. The van der Waals surface area contributed by atoms with Crippen LogP contribution in [0, 0.1) is 29.6 Å². The van der Waals surface area contributed by atoms with E-state index in [1.807, 2.05) is 0 Å². The SMILES string of the molecule is COc1ccc(OC)c(-c2nc(CSc3nc(N)c(C#N)c(-c4ccc(OC[C@@H](O)CO)cc4)c3C#N)c(C)o2)c1. The molecule has 0 saturated carbocycles. The third-order valence-electron chi connectivity index (χ3n) is 6.09. The molecular formula is C29H27N5O6S. The minimum absolute atomic E-state index is 0.00549. The van der Waals surface area contributed by atoms with Crippen LogP contribution in [0.4, 0.5) is 5.82 Å². The highest BCUT2D eigenvalue weighted by Gasteiger charge is 2.22. The van der Waals surface area contributed by atoms with E-state index in [-0.39, 0.29) is 23.6 Å². The lowest BCUT2D eigenvalue weighted by atomic mass is 9.97. The van der Waals surface area contributed by atoms with Crippen molar-refractivity contribution in [2.45, 2.75) is 23.8 Å². The molecule has 4 N–H and O–H groups in total. The molecule has 4 rings (SSSR count). The standard InChI is InChI=1S/C29H27N5O6S/c1-16-24(33-28(40-16)21-10-20(37-2)8-9-25(21)38-3)15-41-29-23(12-31)26(22(11-30)27(32)34-29)17-4-6-19(7-5-17)39-14-18(36)13-35/h4-10,18,35-36H,13-15H2,1-3H3,(H2,32,34)/t18-/m0/s1. The van der Waals surface area contributed by atoms with E-state index in [1.165, 1.54) is 11.8 Å². The van der Waals surface area contributed by atoms with Gasteiger partial charge in [-0.05, 0) is 42.8 Å². The van der Waals surface area contributed by atoms with Crippen LogP contribution in [0.5, 0.6) is 17.2 Å². The first-order chi connectivity index (χ1) is 19.8. The van der Waals surface area contributed by atoms with E-state index in [2.05, 4.69) is 22.1 Å². The fourth-order valence-corrected chi connectivity index (χ4v) is 4.95. The number of rotatable bonds is 11. The molecule has 0 unspecified atom stereocenters. The number of nitrogen functional groups attached to an aromatic ring is 1. The Morgan fingerprint density at radius 3 is 2.37 bits per heavy atom. The molecule has 210 valence electrons. The number of nitriles is 2. The zero-order valence-corrected chi connectivity index (χ0v) is 23.4. The first-order valence-corrected chi connectivity index (χ1v) is 13.3. The van der Waals surface area contributed by atoms with Gasteiger partial charge in [-0.3, -0.25) is 0 Å². The number of methoxy groups -OCH3 is 2. The smallest absolute Gasteiger partial charge is 0.230 e. The van der Waals surface area contributed by atoms with Crippen molar-refractivity contribution in [3.8, 4) is 52.0 Å². The summed E-state index contributed by atoms with van der Waals surface area (Å²) in [5, 5.41) is 38.8. The van der Waals surface area contributed by atoms with Crippen LogP contribution in [0.2, 0.25) is 0 Å². The summed E-state index contributed by atoms with van der Waals surface area (Å²) < 4.78 is 22.2. The molecule has 0 aliphatic rings. The highest BCUT2D eigenvalue weighted by Crippen LogP contribution is 2.39. The Balaban J connectivity index is 1.65. The fraction of sp³-hybridized carbons (Fsp3) is 0.241. The number of aryl methyl sites for hydroxylation is 1. The van der Waals surface area contributed by atoms with Crippen molar-refractivity contribution < 1.29 is 28.8 Å². The number of oxazole rings is 1. The van der Waals surface area contributed by atoms with Crippen molar-refractivity contribution >= 4 is 17.6 Å². The minimum Gasteiger partial charge on any atom is -0.497 e. The molecule has 0 aliphatic heterocycles. The molecule has 1 atom stereocenters. The van der Waals surface area contributed by atoms with Crippen molar-refractivity contribution in [1.82, 2.24) is 9.97 Å². The number of pyridine rings is 1. The number of hydrogen-bond donors (Lipinski definition) is 3. The molecule has 0 amide bonds. The second-order valence-electron chi connectivity index (χ2n) is 8.70. The maximum atomic E-state index is 10.1. The molecule has 2 aromatic heterocycles. The maximum absolute atomic E-state index is 10.1. The predicted molar refractivity (Wildman–Crippen MR) is 151 cm³/mol. The zero-order valence-electron chi connectivity index (χ0n) is 22.5. The van der Waals surface area contributed by atoms with Gasteiger partial charge >= 0.3 is 0 Å². The van der Waals surface area contributed by atoms with Crippen molar-refractivity contribution in [3.63, 3.8) is 0 Å². The maximum Gasteiger partial charge on any atom is 0.230 e. The Bertz CT molecular complexity index is 1620. The number of thioether (sulfide) groups is 1. The number of aliphatic hydroxyl groups excluding tert-OH is 2. The van der Waals surface area contributed by atoms with Crippen LogP contribution >= 0.6 is 11.8 Å². The fourth-order valence-electron chi connectivity index (χ4n) is 3.95. The first-order valence-electron chi connectivity index (χ1n) is 12.3. The van der Waals surface area contributed by atoms with E-state index >= 15 is 0 Å². The van der Waals surface area contributed by atoms with Crippen LogP contribution in [-0.2, 0) is 5.75 Å². The molecule has 41 heavy (non-hydrogen) atoms. The summed E-state index contributed by atoms with van der Waals surface area (Å²) in [7, 11) is 3.13. The van der Waals surface area contributed by atoms with Gasteiger partial charge in [-0.1, -0.05) is 23.9 Å². The van der Waals surface area contributed by atoms with E-state index < -0.39 is 12.7 Å². The normalized spacial score (nSPS) is 11.4. The Morgan fingerprint density at radius 1 is 1.02 bits per heavy atom. The lowest BCUT2D eigenvalue weighted by molar-refractivity contribution is 0.0536. The van der Waals surface area contributed by atoms with Crippen LogP contribution in [0.3, 0.4) is 0 Å². The first kappa shape index (κ1) is 29.2. The molecule has 0 fully saturated rings. The second-order valence-corrected chi connectivity index (χ2v) is 9.66. The highest BCUT2D eigenvalue weighted by molar-refractivity contribution is 7.98. The molecule has 11 nitrogen and oxygen atoms in total. The summed E-state index contributed by atoms with van der Waals surface area (Å²) in [6.07, 6.45) is -1.01. The molecule has 0 bridgehead atoms. The van der Waals surface area contributed by atoms with Gasteiger partial charge in [0, 0.05) is 11.3 Å². The lowest BCUT2D eigenvalue weighted by Crippen LogP contribution is -2.21. The number of aromatic nitrogens is 2. The third-order valence-corrected chi connectivity index (χ3v) is 7.07. The van der Waals surface area contributed by atoms with Gasteiger partial charge < -0.3 is 34.6 Å². The molecule has 2 heterocycles. The van der Waals surface area contributed by atoms with Crippen LogP contribution < -0.4 is 19.9 Å². The summed E-state index contributed by atoms with van der Waals surface area (Å²) in [6, 6.07) is 16.2. The van der Waals surface area contributed by atoms with Crippen molar-refractivity contribution in [1.29, 1.82) is 10.5 Å². The van der Waals surface area contributed by atoms with E-state index in [9.17, 15) is 15.6 Å². The van der Waals surface area contributed by atoms with Crippen LogP contribution in [0.15, 0.2) is 51.9 Å². The van der Waals surface area contributed by atoms with E-state index in [4.69, 9.17) is 29.5 Å². The van der Waals surface area contributed by atoms with Gasteiger partial charge in [0.05, 0.1) is 37.6 Å². The zero-order chi connectivity index (χ0) is 29.5. The molecule has 2 aromatic carbocycles. The minimum atomic E-state index is -1.01. The summed E-state index contributed by atoms with van der Waals surface area (Å²) in [5.74, 6) is 2.89. The third kappa shape index (κ3) is 6.36. The summed E-state index contributed by atoms with van der Waals surface area (Å²) in [5.41, 5.74) is 8.63. The molecule has 12 heteroatoms. The molecular weight excluding hydrogens is 546 g/mol. The van der Waals surface area contributed by atoms with Crippen LogP contribution in [0.1, 0.15) is 22.6 Å². The quantitative estimate of drug-likeness (QED) is 0.219. The topological polar surface area (TPSA) is 181 Å². The number of ether oxygens (including phenoxy) is 3. The van der Waals surface area contributed by atoms with Crippen molar-refractivity contribution in [2.24, 2.45) is 0 Å². The monoisotopic (exact) mass is 573 g/mol. The number of nitrogens with zero attached hydrogens (tertiary/aromatic N) is 4. The number of aliphatic hydroxyl groups is 2. The average molecular weight is 574 g/mol. The van der Waals surface area contributed by atoms with E-state index in [1.54, 1.807) is 63.6 Å². The van der Waals surface area contributed by atoms with Gasteiger partial charge in [-0.2, -0.15) is 10.5 Å². The second kappa shape index (κ2) is 13.1. The molecule has 0 spiro atoms. The highest BCUT2D eigenvalue weighted by atomic mass is 32.2. The molecule has 0 saturated heterocycles. The largest absolute Gasteiger partial charge is 0.497 e. The number of anilines is 1. The van der Waals surface area contributed by atoms with Gasteiger partial charge in [0.2, 0.25) is 5.89 Å². The van der Waals surface area contributed by atoms with Gasteiger partial charge in [0.25, 0.3) is 0 Å². The number of hydrogen-bond acceptors (Lipinski definition) is 12. The number of nitrogens with two attached hydrogens (primary N) is 1. The van der Waals surface area contributed by atoms with Gasteiger partial charge in [-0.15, -0.1) is 0 Å². The Hall–Kier alpha value is -4.75. The average Bonchev–Trinajstić information content (AvgIpc) is 3.38. The summed E-state index contributed by atoms with van der Waals surface area (Å²) in [4.78, 5) is 9.01. The molecule has 4 aromatic rings. The molecule has 0 radical (unpaired) electrons. The number of benzene rings is 2. The van der Waals surface area contributed by atoms with E-state index in [0.717, 1.165) is 0 Å². The van der Waals surface area contributed by atoms with Gasteiger partial charge in [0.1, 0.15) is 64.3 Å². The van der Waals surface area contributed by atoms with E-state index in [0.29, 0.717) is 62.1 Å². The summed E-state index contributed by atoms with van der Waals surface area (Å²) >= 11 is 1.25.